The minimum atomic E-state index is -1.11. The normalized spacial score (nSPS) is 9.63. The first-order chi connectivity index (χ1) is 13.0. The molecule has 0 aliphatic heterocycles. The summed E-state index contributed by atoms with van der Waals surface area (Å²) in [5, 5.41) is 26.8. The van der Waals surface area contributed by atoms with Crippen molar-refractivity contribution < 1.29 is 29.6 Å². The number of aromatic hydroxyl groups is 2. The number of aromatic carboxylic acids is 1. The van der Waals surface area contributed by atoms with E-state index in [0.717, 1.165) is 5.56 Å². The number of phenols is 2. The SMILES string of the molecule is O=C(O)c1ccccc1O.O=C(OCc1ccccc1)c1ccccc1O. The van der Waals surface area contributed by atoms with Gasteiger partial charge in [-0.15, -0.1) is 0 Å². The fourth-order valence-electron chi connectivity index (χ4n) is 2.10. The Kier molecular flexibility index (Phi) is 6.96. The summed E-state index contributed by atoms with van der Waals surface area (Å²) in [6.45, 7) is 0.202. The molecule has 0 aliphatic carbocycles. The molecule has 6 nitrogen and oxygen atoms in total. The number of phenolic OH excluding ortho intramolecular Hbond substituents is 1. The van der Waals surface area contributed by atoms with Crippen molar-refractivity contribution in [2.75, 3.05) is 0 Å². The molecule has 3 aromatic rings. The molecule has 0 heterocycles. The fourth-order valence-corrected chi connectivity index (χ4v) is 2.10. The third kappa shape index (κ3) is 5.89. The maximum Gasteiger partial charge on any atom is 0.342 e. The van der Waals surface area contributed by atoms with Gasteiger partial charge < -0.3 is 20.1 Å². The molecule has 0 fully saturated rings. The summed E-state index contributed by atoms with van der Waals surface area (Å²) in [6, 6.07) is 21.5. The van der Waals surface area contributed by atoms with Gasteiger partial charge in [0.05, 0.1) is 0 Å². The quantitative estimate of drug-likeness (QED) is 0.606. The van der Waals surface area contributed by atoms with Gasteiger partial charge in [-0.05, 0) is 29.8 Å². The van der Waals surface area contributed by atoms with Crippen molar-refractivity contribution in [1.29, 1.82) is 0 Å². The van der Waals surface area contributed by atoms with Crippen LogP contribution in [0.3, 0.4) is 0 Å². The minimum Gasteiger partial charge on any atom is -0.507 e. The molecule has 0 saturated carbocycles. The number of esters is 1. The van der Waals surface area contributed by atoms with E-state index in [-0.39, 0.29) is 29.2 Å². The van der Waals surface area contributed by atoms with Crippen LogP contribution >= 0.6 is 0 Å². The number of rotatable bonds is 4. The highest BCUT2D eigenvalue weighted by atomic mass is 16.5. The first-order valence-corrected chi connectivity index (χ1v) is 7.99. The lowest BCUT2D eigenvalue weighted by Gasteiger charge is -2.05. The van der Waals surface area contributed by atoms with Crippen molar-refractivity contribution in [2.24, 2.45) is 0 Å². The van der Waals surface area contributed by atoms with Gasteiger partial charge in [0.2, 0.25) is 0 Å². The van der Waals surface area contributed by atoms with Gasteiger partial charge in [0, 0.05) is 0 Å². The lowest BCUT2D eigenvalue weighted by Crippen LogP contribution is -2.05. The number of para-hydroxylation sites is 2. The molecule has 0 unspecified atom stereocenters. The van der Waals surface area contributed by atoms with Crippen LogP contribution in [0.2, 0.25) is 0 Å². The summed E-state index contributed by atoms with van der Waals surface area (Å²) in [5.41, 5.74) is 1.03. The van der Waals surface area contributed by atoms with E-state index in [1.54, 1.807) is 24.3 Å². The van der Waals surface area contributed by atoms with E-state index >= 15 is 0 Å². The Morgan fingerprint density at radius 3 is 1.67 bits per heavy atom. The summed E-state index contributed by atoms with van der Waals surface area (Å²) in [4.78, 5) is 21.9. The highest BCUT2D eigenvalue weighted by molar-refractivity contribution is 5.92. The van der Waals surface area contributed by atoms with E-state index in [2.05, 4.69) is 0 Å². The Hall–Kier alpha value is -3.80. The monoisotopic (exact) mass is 366 g/mol. The van der Waals surface area contributed by atoms with Crippen LogP contribution in [0.15, 0.2) is 78.9 Å². The molecule has 138 valence electrons. The summed E-state index contributed by atoms with van der Waals surface area (Å²) in [7, 11) is 0. The summed E-state index contributed by atoms with van der Waals surface area (Å²) >= 11 is 0. The predicted octanol–water partition coefficient (Wildman–Crippen LogP) is 3.84. The number of carboxylic acid groups (broad SMARTS) is 1. The Morgan fingerprint density at radius 2 is 1.19 bits per heavy atom. The van der Waals surface area contributed by atoms with Gasteiger partial charge in [-0.3, -0.25) is 0 Å². The van der Waals surface area contributed by atoms with Gasteiger partial charge >= 0.3 is 11.9 Å². The van der Waals surface area contributed by atoms with E-state index in [1.807, 2.05) is 30.3 Å². The summed E-state index contributed by atoms with van der Waals surface area (Å²) in [5.74, 6) is -1.90. The Balaban J connectivity index is 0.000000223. The van der Waals surface area contributed by atoms with E-state index in [9.17, 15) is 14.7 Å². The van der Waals surface area contributed by atoms with E-state index < -0.39 is 11.9 Å². The lowest BCUT2D eigenvalue weighted by atomic mass is 10.2. The molecule has 0 aromatic heterocycles. The molecule has 3 N–H and O–H groups in total. The van der Waals surface area contributed by atoms with Crippen molar-refractivity contribution in [3.8, 4) is 11.5 Å². The highest BCUT2D eigenvalue weighted by Crippen LogP contribution is 2.17. The van der Waals surface area contributed by atoms with Crippen LogP contribution in [0.1, 0.15) is 26.3 Å². The molecule has 0 amide bonds. The molecular formula is C21H18O6. The van der Waals surface area contributed by atoms with Crippen LogP contribution in [-0.2, 0) is 11.3 Å². The number of ether oxygens (including phenoxy) is 1. The maximum atomic E-state index is 11.7. The molecule has 0 radical (unpaired) electrons. The van der Waals surface area contributed by atoms with Gasteiger partial charge in [-0.25, -0.2) is 9.59 Å². The Morgan fingerprint density at radius 1 is 0.704 bits per heavy atom. The number of carboxylic acids is 1. The molecule has 3 aromatic carbocycles. The van der Waals surface area contributed by atoms with Gasteiger partial charge in [-0.1, -0.05) is 54.6 Å². The standard InChI is InChI=1S/C14H12O3.C7H6O3/c15-13-9-5-4-8-12(13)14(16)17-10-11-6-2-1-3-7-11;8-6-4-2-1-3-5(6)7(9)10/h1-9,15H,10H2;1-4,8H,(H,9,10). The maximum absolute atomic E-state index is 11.7. The fraction of sp³-hybridized carbons (Fsp3) is 0.0476. The number of carbonyl (C=O) groups is 2. The van der Waals surface area contributed by atoms with E-state index in [1.165, 1.54) is 24.3 Å². The van der Waals surface area contributed by atoms with Crippen LogP contribution in [0, 0.1) is 0 Å². The van der Waals surface area contributed by atoms with Gasteiger partial charge in [0.1, 0.15) is 29.2 Å². The predicted molar refractivity (Wildman–Crippen MR) is 98.7 cm³/mol. The first-order valence-electron chi connectivity index (χ1n) is 7.99. The minimum absolute atomic E-state index is 0.0643. The lowest BCUT2D eigenvalue weighted by molar-refractivity contribution is 0.0469. The average Bonchev–Trinajstić information content (AvgIpc) is 2.68. The van der Waals surface area contributed by atoms with Crippen LogP contribution in [0.4, 0.5) is 0 Å². The molecule has 0 spiro atoms. The number of hydrogen-bond acceptors (Lipinski definition) is 5. The largest absolute Gasteiger partial charge is 0.507 e. The van der Waals surface area contributed by atoms with Crippen molar-refractivity contribution >= 4 is 11.9 Å². The second-order valence-electron chi connectivity index (χ2n) is 5.40. The molecule has 0 saturated heterocycles. The molecule has 0 bridgehead atoms. The van der Waals surface area contributed by atoms with Gasteiger partial charge in [0.25, 0.3) is 0 Å². The van der Waals surface area contributed by atoms with Crippen molar-refractivity contribution in [1.82, 2.24) is 0 Å². The van der Waals surface area contributed by atoms with Gasteiger partial charge in [0.15, 0.2) is 0 Å². The van der Waals surface area contributed by atoms with Crippen LogP contribution in [0.25, 0.3) is 0 Å². The zero-order valence-corrected chi connectivity index (χ0v) is 14.3. The van der Waals surface area contributed by atoms with Crippen LogP contribution in [0.5, 0.6) is 11.5 Å². The topological polar surface area (TPSA) is 104 Å². The molecule has 0 atom stereocenters. The van der Waals surface area contributed by atoms with Crippen LogP contribution < -0.4 is 0 Å². The third-order valence-corrected chi connectivity index (χ3v) is 3.47. The van der Waals surface area contributed by atoms with Crippen LogP contribution in [-0.4, -0.2) is 27.3 Å². The van der Waals surface area contributed by atoms with E-state index in [4.69, 9.17) is 14.9 Å². The number of carbonyl (C=O) groups excluding carboxylic acids is 1. The summed E-state index contributed by atoms with van der Waals surface area (Å²) < 4.78 is 5.10. The number of benzene rings is 3. The molecule has 27 heavy (non-hydrogen) atoms. The molecule has 3 rings (SSSR count). The Labute approximate surface area is 155 Å². The molecule has 0 aliphatic rings. The highest BCUT2D eigenvalue weighted by Gasteiger charge is 2.11. The number of hydrogen-bond donors (Lipinski definition) is 3. The van der Waals surface area contributed by atoms with Crippen molar-refractivity contribution in [2.45, 2.75) is 6.61 Å². The van der Waals surface area contributed by atoms with Crippen molar-refractivity contribution in [3.05, 3.63) is 95.6 Å². The zero-order valence-electron chi connectivity index (χ0n) is 14.3. The zero-order chi connectivity index (χ0) is 19.6. The summed E-state index contributed by atoms with van der Waals surface area (Å²) in [6.07, 6.45) is 0. The smallest absolute Gasteiger partial charge is 0.342 e. The second-order valence-corrected chi connectivity index (χ2v) is 5.40. The molecular weight excluding hydrogens is 348 g/mol. The second kappa shape index (κ2) is 9.62. The van der Waals surface area contributed by atoms with E-state index in [0.29, 0.717) is 0 Å². The average molecular weight is 366 g/mol. The Bertz CT molecular complexity index is 905. The third-order valence-electron chi connectivity index (χ3n) is 3.47. The van der Waals surface area contributed by atoms with Crippen molar-refractivity contribution in [3.63, 3.8) is 0 Å². The molecule has 6 heteroatoms. The first kappa shape index (κ1) is 19.5. The van der Waals surface area contributed by atoms with Gasteiger partial charge in [-0.2, -0.15) is 0 Å².